The van der Waals surface area contributed by atoms with Crippen molar-refractivity contribution in [3.05, 3.63) is 35.5 Å². The number of thiocarbonyl (C=S) groups is 1. The van der Waals surface area contributed by atoms with Crippen molar-refractivity contribution in [3.8, 4) is 6.07 Å². The third-order valence-electron chi connectivity index (χ3n) is 6.29. The Morgan fingerprint density at radius 2 is 2.10 bits per heavy atom. The molecule has 2 N–H and O–H groups in total. The Morgan fingerprint density at radius 1 is 1.33 bits per heavy atom. The van der Waals surface area contributed by atoms with Crippen LogP contribution in [-0.4, -0.2) is 33.4 Å². The molecule has 3 amide bonds. The molecule has 1 aromatic heterocycles. The van der Waals surface area contributed by atoms with Crippen molar-refractivity contribution in [2.24, 2.45) is 11.3 Å². The van der Waals surface area contributed by atoms with Crippen LogP contribution in [0.4, 0.5) is 9.93 Å². The van der Waals surface area contributed by atoms with Gasteiger partial charge in [0.25, 0.3) is 0 Å². The van der Waals surface area contributed by atoms with Gasteiger partial charge in [-0.15, -0.1) is 0 Å². The van der Waals surface area contributed by atoms with Gasteiger partial charge in [-0.25, -0.2) is 9.78 Å². The number of anilines is 1. The van der Waals surface area contributed by atoms with Gasteiger partial charge in [0.1, 0.15) is 10.9 Å². The summed E-state index contributed by atoms with van der Waals surface area (Å²) in [6, 6.07) is 9.52. The van der Waals surface area contributed by atoms with Crippen LogP contribution < -0.4 is 10.6 Å². The molecule has 3 aliphatic rings. The van der Waals surface area contributed by atoms with Crippen molar-refractivity contribution in [2.45, 2.75) is 32.1 Å². The lowest BCUT2D eigenvalue weighted by atomic mass is 9.60. The van der Waals surface area contributed by atoms with Gasteiger partial charge in [-0.1, -0.05) is 54.9 Å². The smallest absolute Gasteiger partial charge is 0.326 e. The number of carbonyl (C=O) groups is 2. The molecule has 5 rings (SSSR count). The molecule has 1 fully saturated rings. The fraction of sp³-hybridized carbons (Fsp3) is 0.381. The first-order valence-corrected chi connectivity index (χ1v) is 11.2. The van der Waals surface area contributed by atoms with Gasteiger partial charge in [0, 0.05) is 16.7 Å². The quantitative estimate of drug-likeness (QED) is 0.659. The minimum atomic E-state index is -0.776. The fourth-order valence-electron chi connectivity index (χ4n) is 4.96. The van der Waals surface area contributed by atoms with Crippen LogP contribution in [0.1, 0.15) is 32.1 Å². The molecular weight excluding hydrogens is 418 g/mol. The molecule has 7 nitrogen and oxygen atoms in total. The van der Waals surface area contributed by atoms with Crippen LogP contribution in [0, 0.1) is 22.7 Å². The van der Waals surface area contributed by atoms with Crippen LogP contribution >= 0.6 is 23.6 Å². The zero-order chi connectivity index (χ0) is 20.9. The van der Waals surface area contributed by atoms with E-state index < -0.39 is 11.3 Å². The van der Waals surface area contributed by atoms with Crippen molar-refractivity contribution in [2.75, 3.05) is 11.9 Å². The Labute approximate surface area is 182 Å². The second-order valence-electron chi connectivity index (χ2n) is 7.93. The summed E-state index contributed by atoms with van der Waals surface area (Å²) in [5.74, 6) is -1.06. The number of carbonyl (C=O) groups excluding carboxylic acids is 2. The highest BCUT2D eigenvalue weighted by atomic mass is 32.1. The van der Waals surface area contributed by atoms with Gasteiger partial charge in [0.2, 0.25) is 5.91 Å². The summed E-state index contributed by atoms with van der Waals surface area (Å²) in [6.07, 6.45) is 4.46. The van der Waals surface area contributed by atoms with E-state index in [1.807, 2.05) is 24.3 Å². The summed E-state index contributed by atoms with van der Waals surface area (Å²) >= 11 is 7.12. The molecule has 30 heavy (non-hydrogen) atoms. The highest BCUT2D eigenvalue weighted by Crippen LogP contribution is 2.53. The summed E-state index contributed by atoms with van der Waals surface area (Å²) < 4.78 is 0.986. The molecule has 1 spiro atoms. The number of nitrogens with zero attached hydrogens (tertiary/aromatic N) is 3. The molecule has 0 radical (unpaired) electrons. The van der Waals surface area contributed by atoms with E-state index in [9.17, 15) is 14.9 Å². The topological polar surface area (TPSA) is 98.1 Å². The number of urea groups is 1. The monoisotopic (exact) mass is 437 g/mol. The van der Waals surface area contributed by atoms with E-state index in [0.29, 0.717) is 15.8 Å². The van der Waals surface area contributed by atoms with Crippen LogP contribution in [0.15, 0.2) is 35.5 Å². The van der Waals surface area contributed by atoms with Gasteiger partial charge in [0.05, 0.1) is 22.8 Å². The van der Waals surface area contributed by atoms with E-state index in [2.05, 4.69) is 21.7 Å². The van der Waals surface area contributed by atoms with E-state index in [1.165, 1.54) is 16.2 Å². The average Bonchev–Trinajstić information content (AvgIpc) is 3.29. The molecule has 9 heteroatoms. The SMILES string of the molecule is N#CC1C(=O)NC2=C(C(=S)N(C(=O)Nc3nc4ccccc4s3)C2)C12CCCCC2. The number of para-hydroxylation sites is 1. The molecule has 152 valence electrons. The van der Waals surface area contributed by atoms with Crippen molar-refractivity contribution in [3.63, 3.8) is 0 Å². The molecule has 1 aromatic carbocycles. The van der Waals surface area contributed by atoms with Crippen LogP contribution in [0.2, 0.25) is 0 Å². The minimum absolute atomic E-state index is 0.205. The molecule has 1 atom stereocenters. The molecular formula is C21H19N5O2S2. The van der Waals surface area contributed by atoms with Gasteiger partial charge >= 0.3 is 6.03 Å². The Bertz CT molecular complexity index is 1120. The number of amides is 3. The van der Waals surface area contributed by atoms with E-state index in [1.54, 1.807) is 0 Å². The second kappa shape index (κ2) is 7.15. The van der Waals surface area contributed by atoms with Crippen molar-refractivity contribution < 1.29 is 9.59 Å². The van der Waals surface area contributed by atoms with Crippen molar-refractivity contribution in [1.82, 2.24) is 15.2 Å². The molecule has 2 aliphatic heterocycles. The van der Waals surface area contributed by atoms with Crippen LogP contribution in [-0.2, 0) is 4.79 Å². The molecule has 1 aliphatic carbocycles. The summed E-state index contributed by atoms with van der Waals surface area (Å²) in [5.41, 5.74) is 1.71. The Morgan fingerprint density at radius 3 is 2.83 bits per heavy atom. The molecule has 1 unspecified atom stereocenters. The number of hydrogen-bond donors (Lipinski definition) is 2. The van der Waals surface area contributed by atoms with E-state index >= 15 is 0 Å². The summed E-state index contributed by atoms with van der Waals surface area (Å²) in [4.78, 5) is 32.0. The standard InChI is InChI=1S/C21H19N5O2S2/c22-10-12-17(27)23-14-11-26(18(29)16(14)21(12)8-4-1-5-9-21)20(28)25-19-24-13-6-2-3-7-15(13)30-19/h2-3,6-7,12H,1,4-5,8-9,11H2,(H,23,27)(H,24,25,28). The van der Waals surface area contributed by atoms with Crippen molar-refractivity contribution >= 4 is 55.8 Å². The van der Waals surface area contributed by atoms with E-state index in [0.717, 1.165) is 47.9 Å². The van der Waals surface area contributed by atoms with Gasteiger partial charge in [-0.2, -0.15) is 5.26 Å². The molecule has 0 saturated heterocycles. The predicted octanol–water partition coefficient (Wildman–Crippen LogP) is 3.95. The molecule has 2 aromatic rings. The number of benzene rings is 1. The highest BCUT2D eigenvalue weighted by Gasteiger charge is 2.55. The lowest BCUT2D eigenvalue weighted by Crippen LogP contribution is -2.49. The Kier molecular flexibility index (Phi) is 4.56. The number of rotatable bonds is 1. The van der Waals surface area contributed by atoms with Crippen molar-refractivity contribution in [1.29, 1.82) is 5.26 Å². The minimum Gasteiger partial charge on any atom is -0.326 e. The van der Waals surface area contributed by atoms with Gasteiger partial charge in [-0.05, 0) is 25.0 Å². The Balaban J connectivity index is 1.43. The van der Waals surface area contributed by atoms with Crippen LogP contribution in [0.25, 0.3) is 10.2 Å². The first-order chi connectivity index (χ1) is 14.5. The lowest BCUT2D eigenvalue weighted by molar-refractivity contribution is -0.127. The number of thiazole rings is 1. The van der Waals surface area contributed by atoms with Gasteiger partial charge < -0.3 is 5.32 Å². The predicted molar refractivity (Wildman–Crippen MR) is 118 cm³/mol. The Hall–Kier alpha value is -2.83. The zero-order valence-electron chi connectivity index (χ0n) is 16.1. The average molecular weight is 438 g/mol. The van der Waals surface area contributed by atoms with Gasteiger partial charge in [0.15, 0.2) is 5.13 Å². The number of hydrogen-bond acceptors (Lipinski definition) is 6. The van der Waals surface area contributed by atoms with Crippen LogP contribution in [0.5, 0.6) is 0 Å². The van der Waals surface area contributed by atoms with Gasteiger partial charge in [-0.3, -0.25) is 15.0 Å². The third kappa shape index (κ3) is 2.82. The maximum Gasteiger partial charge on any atom is 0.329 e. The number of fused-ring (bicyclic) bond motifs is 2. The normalized spacial score (nSPS) is 22.8. The van der Waals surface area contributed by atoms with Crippen LogP contribution in [0.3, 0.4) is 0 Å². The first-order valence-electron chi connectivity index (χ1n) is 9.96. The molecule has 3 heterocycles. The number of nitriles is 1. The fourth-order valence-corrected chi connectivity index (χ4v) is 6.29. The number of aromatic nitrogens is 1. The number of nitrogens with one attached hydrogen (secondary N) is 2. The second-order valence-corrected chi connectivity index (χ2v) is 9.35. The third-order valence-corrected chi connectivity index (χ3v) is 7.67. The summed E-state index contributed by atoms with van der Waals surface area (Å²) in [7, 11) is 0. The summed E-state index contributed by atoms with van der Waals surface area (Å²) in [5, 5.41) is 15.9. The molecule has 0 bridgehead atoms. The largest absolute Gasteiger partial charge is 0.329 e. The van der Waals surface area contributed by atoms with E-state index in [4.69, 9.17) is 12.2 Å². The first kappa shape index (κ1) is 19.2. The lowest BCUT2D eigenvalue weighted by Gasteiger charge is -2.44. The highest BCUT2D eigenvalue weighted by molar-refractivity contribution is 7.80. The maximum absolute atomic E-state index is 13.0. The summed E-state index contributed by atoms with van der Waals surface area (Å²) in [6.45, 7) is 0.205. The van der Waals surface area contributed by atoms with E-state index in [-0.39, 0.29) is 18.5 Å². The maximum atomic E-state index is 13.0. The zero-order valence-corrected chi connectivity index (χ0v) is 17.7. The molecule has 1 saturated carbocycles.